The molecule has 3 rings (SSSR count). The number of amides is 2. The van der Waals surface area contributed by atoms with Crippen LogP contribution in [-0.4, -0.2) is 51.0 Å². The van der Waals surface area contributed by atoms with Gasteiger partial charge in [0.05, 0.1) is 17.8 Å². The lowest BCUT2D eigenvalue weighted by molar-refractivity contribution is -0.138. The summed E-state index contributed by atoms with van der Waals surface area (Å²) in [6.45, 7) is -0.548. The molecule has 0 saturated heterocycles. The molecular formula is C21H18F3N3O5. The number of carbonyl (C=O) groups is 3. The minimum atomic E-state index is -4.42. The molecule has 1 aliphatic heterocycles. The highest BCUT2D eigenvalue weighted by atomic mass is 19.4. The molecule has 0 unspecified atom stereocenters. The molecule has 0 saturated carbocycles. The van der Waals surface area contributed by atoms with Gasteiger partial charge in [0.25, 0.3) is 11.8 Å². The molecule has 168 valence electrons. The first kappa shape index (κ1) is 22.8. The Kier molecular flexibility index (Phi) is 6.47. The second-order valence-electron chi connectivity index (χ2n) is 6.99. The third kappa shape index (κ3) is 5.23. The Morgan fingerprint density at radius 3 is 2.31 bits per heavy atom. The summed E-state index contributed by atoms with van der Waals surface area (Å²) >= 11 is 0. The molecule has 2 amide bonds. The van der Waals surface area contributed by atoms with E-state index in [9.17, 15) is 32.7 Å². The molecule has 0 fully saturated rings. The predicted octanol–water partition coefficient (Wildman–Crippen LogP) is 2.51. The van der Waals surface area contributed by atoms with E-state index in [-0.39, 0.29) is 19.5 Å². The van der Waals surface area contributed by atoms with Crippen molar-refractivity contribution in [2.45, 2.75) is 19.1 Å². The minimum absolute atomic E-state index is 0.0191. The number of benzene rings is 1. The Labute approximate surface area is 180 Å². The van der Waals surface area contributed by atoms with Crippen LogP contribution >= 0.6 is 0 Å². The molecule has 3 N–H and O–H groups in total. The van der Waals surface area contributed by atoms with Crippen LogP contribution in [0.4, 0.5) is 13.2 Å². The van der Waals surface area contributed by atoms with E-state index in [2.05, 4.69) is 4.98 Å². The number of carboxylic acid groups (broad SMARTS) is 1. The normalized spacial score (nSPS) is 14.5. The lowest BCUT2D eigenvalue weighted by Crippen LogP contribution is -2.43. The number of aliphatic hydroxyl groups excluding tert-OH is 1. The van der Waals surface area contributed by atoms with Gasteiger partial charge in [-0.25, -0.2) is 0 Å². The first-order valence-corrected chi connectivity index (χ1v) is 9.40. The molecule has 2 aromatic rings. The van der Waals surface area contributed by atoms with E-state index >= 15 is 0 Å². The van der Waals surface area contributed by atoms with Gasteiger partial charge in [-0.05, 0) is 23.8 Å². The van der Waals surface area contributed by atoms with Gasteiger partial charge in [0.1, 0.15) is 17.9 Å². The Morgan fingerprint density at radius 1 is 1.09 bits per heavy atom. The van der Waals surface area contributed by atoms with Gasteiger partial charge in [-0.3, -0.25) is 19.4 Å². The van der Waals surface area contributed by atoms with E-state index in [1.807, 2.05) is 5.32 Å². The van der Waals surface area contributed by atoms with E-state index in [0.717, 1.165) is 12.1 Å². The number of alkyl halides is 3. The van der Waals surface area contributed by atoms with E-state index in [0.29, 0.717) is 16.8 Å². The number of carboxylic acids is 1. The molecule has 32 heavy (non-hydrogen) atoms. The van der Waals surface area contributed by atoms with Crippen LogP contribution in [0.25, 0.3) is 11.1 Å². The van der Waals surface area contributed by atoms with E-state index in [1.165, 1.54) is 23.2 Å². The Bertz CT molecular complexity index is 1060. The molecule has 0 bridgehead atoms. The number of aliphatic hydroxyl groups is 1. The SMILES string of the molecule is O=C(O)CNC(=O)C1=C(O)CCN(Cc2ccc(-c3ccc(C(F)(F)F)cc3)cn2)C1=O. The van der Waals surface area contributed by atoms with Crippen molar-refractivity contribution in [1.82, 2.24) is 15.2 Å². The van der Waals surface area contributed by atoms with Crippen molar-refractivity contribution in [3.63, 3.8) is 0 Å². The Balaban J connectivity index is 1.69. The standard InChI is InChI=1S/C21H18F3N3O5/c22-21(23,24)14-4-1-12(2-5-14)13-3-6-15(25-9-13)11-27-8-7-16(28)18(20(27)32)19(31)26-10-17(29)30/h1-6,9,28H,7-8,10-11H2,(H,26,31)(H,29,30). The van der Waals surface area contributed by atoms with Gasteiger partial charge in [0.2, 0.25) is 0 Å². The molecule has 0 aliphatic carbocycles. The molecule has 2 heterocycles. The lowest BCUT2D eigenvalue weighted by Gasteiger charge is -2.27. The summed E-state index contributed by atoms with van der Waals surface area (Å²) < 4.78 is 38.1. The van der Waals surface area contributed by atoms with Gasteiger partial charge >= 0.3 is 12.1 Å². The average Bonchev–Trinajstić information content (AvgIpc) is 2.74. The van der Waals surface area contributed by atoms with Crippen LogP contribution in [0.3, 0.4) is 0 Å². The molecule has 1 aromatic heterocycles. The van der Waals surface area contributed by atoms with Crippen LogP contribution in [0.15, 0.2) is 53.9 Å². The Morgan fingerprint density at radius 2 is 1.75 bits per heavy atom. The van der Waals surface area contributed by atoms with E-state index < -0.39 is 47.4 Å². The summed E-state index contributed by atoms with van der Waals surface area (Å²) in [6, 6.07) is 7.87. The predicted molar refractivity (Wildman–Crippen MR) is 105 cm³/mol. The zero-order valence-corrected chi connectivity index (χ0v) is 16.5. The van der Waals surface area contributed by atoms with Crippen molar-refractivity contribution in [1.29, 1.82) is 0 Å². The van der Waals surface area contributed by atoms with Crippen LogP contribution in [-0.2, 0) is 27.1 Å². The maximum atomic E-state index is 12.7. The summed E-state index contributed by atoms with van der Waals surface area (Å²) in [6.07, 6.45) is -2.95. The average molecular weight is 449 g/mol. The summed E-state index contributed by atoms with van der Waals surface area (Å²) in [7, 11) is 0. The zero-order chi connectivity index (χ0) is 23.5. The molecule has 0 atom stereocenters. The fourth-order valence-electron chi connectivity index (χ4n) is 3.11. The number of nitrogens with one attached hydrogen (secondary N) is 1. The quantitative estimate of drug-likeness (QED) is 0.583. The number of hydrogen-bond donors (Lipinski definition) is 3. The number of halogens is 3. The summed E-state index contributed by atoms with van der Waals surface area (Å²) in [5.74, 6) is -3.45. The lowest BCUT2D eigenvalue weighted by atomic mass is 10.0. The maximum absolute atomic E-state index is 12.7. The van der Waals surface area contributed by atoms with Crippen LogP contribution in [0.5, 0.6) is 0 Å². The van der Waals surface area contributed by atoms with Crippen molar-refractivity contribution < 1.29 is 37.8 Å². The van der Waals surface area contributed by atoms with E-state index in [4.69, 9.17) is 5.11 Å². The topological polar surface area (TPSA) is 120 Å². The monoisotopic (exact) mass is 449 g/mol. The largest absolute Gasteiger partial charge is 0.511 e. The van der Waals surface area contributed by atoms with Crippen molar-refractivity contribution in [3.05, 3.63) is 65.2 Å². The van der Waals surface area contributed by atoms with Gasteiger partial charge in [-0.15, -0.1) is 0 Å². The van der Waals surface area contributed by atoms with Crippen LogP contribution in [0.1, 0.15) is 17.7 Å². The van der Waals surface area contributed by atoms with Gasteiger partial charge < -0.3 is 20.4 Å². The second kappa shape index (κ2) is 9.08. The number of aliphatic carboxylic acids is 1. The smallest absolute Gasteiger partial charge is 0.416 e. The molecule has 0 radical (unpaired) electrons. The van der Waals surface area contributed by atoms with E-state index in [1.54, 1.807) is 12.1 Å². The summed E-state index contributed by atoms with van der Waals surface area (Å²) in [5.41, 5.74) is 0.309. The van der Waals surface area contributed by atoms with Crippen molar-refractivity contribution in [2.24, 2.45) is 0 Å². The van der Waals surface area contributed by atoms with Gasteiger partial charge in [0, 0.05) is 24.7 Å². The number of rotatable bonds is 6. The van der Waals surface area contributed by atoms with Crippen molar-refractivity contribution in [2.75, 3.05) is 13.1 Å². The second-order valence-corrected chi connectivity index (χ2v) is 6.99. The fourth-order valence-corrected chi connectivity index (χ4v) is 3.11. The highest BCUT2D eigenvalue weighted by molar-refractivity contribution is 6.19. The first-order valence-electron chi connectivity index (χ1n) is 9.40. The molecule has 8 nitrogen and oxygen atoms in total. The molecule has 11 heteroatoms. The summed E-state index contributed by atoms with van der Waals surface area (Å²) in [4.78, 5) is 40.8. The molecule has 1 aliphatic rings. The van der Waals surface area contributed by atoms with Crippen molar-refractivity contribution in [3.8, 4) is 11.1 Å². The summed E-state index contributed by atoms with van der Waals surface area (Å²) in [5, 5.41) is 20.6. The minimum Gasteiger partial charge on any atom is -0.511 e. The zero-order valence-electron chi connectivity index (χ0n) is 16.5. The van der Waals surface area contributed by atoms with Crippen LogP contribution < -0.4 is 5.32 Å². The Hall–Kier alpha value is -3.89. The van der Waals surface area contributed by atoms with Crippen molar-refractivity contribution >= 4 is 17.8 Å². The number of carbonyl (C=O) groups excluding carboxylic acids is 2. The third-order valence-electron chi connectivity index (χ3n) is 4.76. The number of hydrogen-bond acceptors (Lipinski definition) is 5. The molecular weight excluding hydrogens is 431 g/mol. The number of nitrogens with zero attached hydrogens (tertiary/aromatic N) is 2. The number of pyridine rings is 1. The molecule has 0 spiro atoms. The van der Waals surface area contributed by atoms with Gasteiger partial charge in [-0.1, -0.05) is 18.2 Å². The van der Waals surface area contributed by atoms with Crippen LogP contribution in [0.2, 0.25) is 0 Å². The fraction of sp³-hybridized carbons (Fsp3) is 0.238. The maximum Gasteiger partial charge on any atom is 0.416 e. The highest BCUT2D eigenvalue weighted by Crippen LogP contribution is 2.31. The first-order chi connectivity index (χ1) is 15.1. The highest BCUT2D eigenvalue weighted by Gasteiger charge is 2.32. The van der Waals surface area contributed by atoms with Gasteiger partial charge in [0.15, 0.2) is 0 Å². The van der Waals surface area contributed by atoms with Gasteiger partial charge in [-0.2, -0.15) is 13.2 Å². The van der Waals surface area contributed by atoms with Crippen LogP contribution in [0, 0.1) is 0 Å². The molecule has 1 aromatic carbocycles. The third-order valence-corrected chi connectivity index (χ3v) is 4.76. The number of aromatic nitrogens is 1.